The lowest BCUT2D eigenvalue weighted by Gasteiger charge is -2.38. The van der Waals surface area contributed by atoms with Gasteiger partial charge in [0.25, 0.3) is 0 Å². The number of nitrogens with zero attached hydrogens (tertiary/aromatic N) is 1. The summed E-state index contributed by atoms with van der Waals surface area (Å²) in [5.41, 5.74) is 0.769. The molecule has 0 amide bonds. The fraction of sp³-hybridized carbons (Fsp3) is 0.600. The lowest BCUT2D eigenvalue weighted by Crippen LogP contribution is -2.49. The van der Waals surface area contributed by atoms with Crippen molar-refractivity contribution in [3.8, 4) is 5.75 Å². The number of benzene rings is 1. The van der Waals surface area contributed by atoms with Crippen LogP contribution in [0, 0.1) is 0 Å². The van der Waals surface area contributed by atoms with E-state index >= 15 is 0 Å². The van der Waals surface area contributed by atoms with Gasteiger partial charge in [-0.15, -0.1) is 0 Å². The number of nitrogens with one attached hydrogen (secondary N) is 1. The molecule has 4 heteroatoms. The van der Waals surface area contributed by atoms with Crippen LogP contribution in [0.5, 0.6) is 5.75 Å². The third-order valence-corrected chi connectivity index (χ3v) is 3.86. The number of piperidine rings is 1. The van der Waals surface area contributed by atoms with Gasteiger partial charge in [-0.3, -0.25) is 4.90 Å². The van der Waals surface area contributed by atoms with Crippen LogP contribution >= 0.6 is 0 Å². The Hall–Kier alpha value is -1.10. The van der Waals surface area contributed by atoms with E-state index in [4.69, 9.17) is 4.74 Å². The van der Waals surface area contributed by atoms with Crippen molar-refractivity contribution in [1.29, 1.82) is 0 Å². The van der Waals surface area contributed by atoms with Gasteiger partial charge in [0.15, 0.2) is 0 Å². The van der Waals surface area contributed by atoms with Gasteiger partial charge < -0.3 is 15.2 Å². The first-order chi connectivity index (χ1) is 9.15. The summed E-state index contributed by atoms with van der Waals surface area (Å²) >= 11 is 0. The van der Waals surface area contributed by atoms with Crippen molar-refractivity contribution in [3.05, 3.63) is 29.8 Å². The van der Waals surface area contributed by atoms with Crippen molar-refractivity contribution < 1.29 is 9.84 Å². The molecule has 1 aromatic rings. The second kappa shape index (κ2) is 6.37. The van der Waals surface area contributed by atoms with Gasteiger partial charge in [0, 0.05) is 26.2 Å². The van der Waals surface area contributed by atoms with Crippen LogP contribution in [0.4, 0.5) is 0 Å². The van der Waals surface area contributed by atoms with Crippen LogP contribution in [-0.2, 0) is 6.54 Å². The molecule has 2 rings (SSSR count). The summed E-state index contributed by atoms with van der Waals surface area (Å²) in [5.74, 6) is 0.894. The number of likely N-dealkylation sites (N-methyl/N-ethyl adjacent to an activating group) is 1. The van der Waals surface area contributed by atoms with Crippen LogP contribution in [-0.4, -0.2) is 49.4 Å². The van der Waals surface area contributed by atoms with Crippen molar-refractivity contribution in [2.75, 3.05) is 33.8 Å². The fourth-order valence-corrected chi connectivity index (χ4v) is 2.62. The van der Waals surface area contributed by atoms with Gasteiger partial charge >= 0.3 is 0 Å². The zero-order chi connectivity index (χ0) is 13.7. The molecule has 0 unspecified atom stereocenters. The molecule has 0 bridgehead atoms. The Labute approximate surface area is 115 Å². The summed E-state index contributed by atoms with van der Waals surface area (Å²) in [5, 5.41) is 13.4. The standard InChI is InChI=1S/C15H24N2O2/c1-16-12-15(18)7-9-17(10-8-15)11-13-3-5-14(19-2)6-4-13/h3-6,16,18H,7-12H2,1-2H3. The summed E-state index contributed by atoms with van der Waals surface area (Å²) in [6.45, 7) is 3.53. The van der Waals surface area contributed by atoms with E-state index in [0.717, 1.165) is 38.2 Å². The van der Waals surface area contributed by atoms with E-state index in [1.54, 1.807) is 7.11 Å². The van der Waals surface area contributed by atoms with Gasteiger partial charge in [-0.1, -0.05) is 12.1 Å². The average molecular weight is 264 g/mol. The van der Waals surface area contributed by atoms with E-state index in [0.29, 0.717) is 6.54 Å². The molecule has 0 aliphatic carbocycles. The van der Waals surface area contributed by atoms with E-state index < -0.39 is 5.60 Å². The highest BCUT2D eigenvalue weighted by molar-refractivity contribution is 5.27. The highest BCUT2D eigenvalue weighted by Gasteiger charge is 2.31. The summed E-state index contributed by atoms with van der Waals surface area (Å²) in [4.78, 5) is 2.39. The van der Waals surface area contributed by atoms with E-state index in [2.05, 4.69) is 22.3 Å². The van der Waals surface area contributed by atoms with Crippen molar-refractivity contribution >= 4 is 0 Å². The van der Waals surface area contributed by atoms with Crippen LogP contribution in [0.3, 0.4) is 0 Å². The maximum absolute atomic E-state index is 10.3. The zero-order valence-electron chi connectivity index (χ0n) is 11.9. The molecule has 1 aliphatic rings. The second-order valence-electron chi connectivity index (χ2n) is 5.38. The Morgan fingerprint density at radius 3 is 2.42 bits per heavy atom. The van der Waals surface area contributed by atoms with E-state index in [9.17, 15) is 5.11 Å². The van der Waals surface area contributed by atoms with Crippen LogP contribution in [0.1, 0.15) is 18.4 Å². The number of hydrogen-bond donors (Lipinski definition) is 2. The first kappa shape index (κ1) is 14.3. The first-order valence-electron chi connectivity index (χ1n) is 6.87. The number of ether oxygens (including phenoxy) is 1. The predicted molar refractivity (Wildman–Crippen MR) is 76.4 cm³/mol. The predicted octanol–water partition coefficient (Wildman–Crippen LogP) is 1.24. The van der Waals surface area contributed by atoms with Gasteiger partial charge in [-0.2, -0.15) is 0 Å². The minimum absolute atomic E-state index is 0.523. The molecule has 0 saturated carbocycles. The third-order valence-electron chi connectivity index (χ3n) is 3.86. The zero-order valence-corrected chi connectivity index (χ0v) is 11.9. The van der Waals surface area contributed by atoms with Crippen LogP contribution < -0.4 is 10.1 Å². The maximum Gasteiger partial charge on any atom is 0.118 e. The summed E-state index contributed by atoms with van der Waals surface area (Å²) in [6.07, 6.45) is 1.67. The van der Waals surface area contributed by atoms with Gasteiger partial charge in [-0.25, -0.2) is 0 Å². The molecule has 19 heavy (non-hydrogen) atoms. The Morgan fingerprint density at radius 2 is 1.89 bits per heavy atom. The van der Waals surface area contributed by atoms with E-state index in [-0.39, 0.29) is 0 Å². The molecule has 1 heterocycles. The third kappa shape index (κ3) is 3.93. The molecule has 1 aliphatic heterocycles. The van der Waals surface area contributed by atoms with Gasteiger partial charge in [0.05, 0.1) is 12.7 Å². The molecule has 2 N–H and O–H groups in total. The summed E-state index contributed by atoms with van der Waals surface area (Å²) in [6, 6.07) is 8.20. The molecular weight excluding hydrogens is 240 g/mol. The van der Waals surface area contributed by atoms with Crippen molar-refractivity contribution in [2.24, 2.45) is 0 Å². The van der Waals surface area contributed by atoms with Crippen LogP contribution in [0.2, 0.25) is 0 Å². The number of rotatable bonds is 5. The highest BCUT2D eigenvalue weighted by Crippen LogP contribution is 2.23. The SMILES string of the molecule is CNCC1(O)CCN(Cc2ccc(OC)cc2)CC1. The molecule has 1 fully saturated rings. The Balaban J connectivity index is 1.84. The van der Waals surface area contributed by atoms with Gasteiger partial charge in [0.2, 0.25) is 0 Å². The van der Waals surface area contributed by atoms with Gasteiger partial charge in [-0.05, 0) is 37.6 Å². The van der Waals surface area contributed by atoms with E-state index in [1.807, 2.05) is 19.2 Å². The number of aliphatic hydroxyl groups is 1. The van der Waals surface area contributed by atoms with Crippen molar-refractivity contribution in [1.82, 2.24) is 10.2 Å². The molecule has 1 saturated heterocycles. The van der Waals surface area contributed by atoms with Crippen LogP contribution in [0.25, 0.3) is 0 Å². The topological polar surface area (TPSA) is 44.7 Å². The van der Waals surface area contributed by atoms with Crippen molar-refractivity contribution in [2.45, 2.75) is 25.0 Å². The van der Waals surface area contributed by atoms with Crippen molar-refractivity contribution in [3.63, 3.8) is 0 Å². The first-order valence-corrected chi connectivity index (χ1v) is 6.87. The minimum atomic E-state index is -0.523. The Bertz CT molecular complexity index is 384. The Kier molecular flexibility index (Phi) is 4.80. The molecule has 106 valence electrons. The van der Waals surface area contributed by atoms with Crippen LogP contribution in [0.15, 0.2) is 24.3 Å². The largest absolute Gasteiger partial charge is 0.497 e. The molecule has 0 atom stereocenters. The summed E-state index contributed by atoms with van der Waals surface area (Å²) in [7, 11) is 3.57. The molecule has 4 nitrogen and oxygen atoms in total. The highest BCUT2D eigenvalue weighted by atomic mass is 16.5. The normalized spacial score (nSPS) is 19.3. The molecule has 0 spiro atoms. The number of methoxy groups -OCH3 is 1. The maximum atomic E-state index is 10.3. The average Bonchev–Trinajstić information content (AvgIpc) is 2.43. The summed E-state index contributed by atoms with van der Waals surface area (Å²) < 4.78 is 5.16. The molecular formula is C15H24N2O2. The lowest BCUT2D eigenvalue weighted by molar-refractivity contribution is -0.0203. The van der Waals surface area contributed by atoms with Gasteiger partial charge in [0.1, 0.15) is 5.75 Å². The Morgan fingerprint density at radius 1 is 1.26 bits per heavy atom. The second-order valence-corrected chi connectivity index (χ2v) is 5.38. The minimum Gasteiger partial charge on any atom is -0.497 e. The molecule has 0 aromatic heterocycles. The quantitative estimate of drug-likeness (QED) is 0.840. The smallest absolute Gasteiger partial charge is 0.118 e. The molecule has 1 aromatic carbocycles. The lowest BCUT2D eigenvalue weighted by atomic mass is 9.91. The monoisotopic (exact) mass is 264 g/mol. The number of likely N-dealkylation sites (tertiary alicyclic amines) is 1. The molecule has 0 radical (unpaired) electrons. The fourth-order valence-electron chi connectivity index (χ4n) is 2.62. The van der Waals surface area contributed by atoms with E-state index in [1.165, 1.54) is 5.56 Å². The number of hydrogen-bond acceptors (Lipinski definition) is 4.